The fraction of sp³-hybridized carbons (Fsp3) is 0.160. The number of benzene rings is 3. The zero-order valence-corrected chi connectivity index (χ0v) is 19.3. The minimum absolute atomic E-state index is 0.191. The molecule has 0 unspecified atom stereocenters. The van der Waals surface area contributed by atoms with Crippen LogP contribution in [0.3, 0.4) is 0 Å². The molecule has 4 aromatic rings. The van der Waals surface area contributed by atoms with Crippen molar-refractivity contribution >= 4 is 40.0 Å². The lowest BCUT2D eigenvalue weighted by Crippen LogP contribution is -2.34. The summed E-state index contributed by atoms with van der Waals surface area (Å²) in [4.78, 5) is 17.1. The highest BCUT2D eigenvalue weighted by Gasteiger charge is 2.13. The molecule has 3 aromatic carbocycles. The number of amides is 1. The van der Waals surface area contributed by atoms with E-state index in [9.17, 15) is 4.79 Å². The molecule has 8 heteroatoms. The highest BCUT2D eigenvalue weighted by atomic mass is 32.1. The Kier molecular flexibility index (Phi) is 6.55. The number of methoxy groups -OCH3 is 1. The van der Waals surface area contributed by atoms with Crippen LogP contribution in [0.25, 0.3) is 22.6 Å². The van der Waals surface area contributed by atoms with Gasteiger partial charge in [-0.2, -0.15) is 0 Å². The van der Waals surface area contributed by atoms with E-state index in [1.165, 1.54) is 0 Å². The number of fused-ring (bicyclic) bond motifs is 1. The van der Waals surface area contributed by atoms with Gasteiger partial charge in [0.15, 0.2) is 10.7 Å². The lowest BCUT2D eigenvalue weighted by Gasteiger charge is -2.13. The average Bonchev–Trinajstić information content (AvgIpc) is 3.24. The predicted molar refractivity (Wildman–Crippen MR) is 132 cm³/mol. The van der Waals surface area contributed by atoms with Gasteiger partial charge in [0.05, 0.1) is 13.7 Å². The maximum atomic E-state index is 12.5. The molecule has 4 rings (SSSR count). The second-order valence-corrected chi connectivity index (χ2v) is 7.66. The number of thiocarbonyl (C=S) groups is 1. The van der Waals surface area contributed by atoms with E-state index < -0.39 is 0 Å². The number of ether oxygens (including phenoxy) is 2. The molecule has 168 valence electrons. The number of carbonyl (C=O) groups is 1. The molecule has 7 nitrogen and oxygen atoms in total. The average molecular weight is 462 g/mol. The Labute approximate surface area is 196 Å². The first-order valence-corrected chi connectivity index (χ1v) is 10.8. The second-order valence-electron chi connectivity index (χ2n) is 7.25. The van der Waals surface area contributed by atoms with Crippen molar-refractivity contribution in [1.82, 2.24) is 10.3 Å². The maximum absolute atomic E-state index is 12.5. The minimum atomic E-state index is -0.308. The van der Waals surface area contributed by atoms with Gasteiger partial charge in [-0.05, 0) is 80.2 Å². The Bertz CT molecular complexity index is 1320. The predicted octanol–water partition coefficient (Wildman–Crippen LogP) is 5.34. The van der Waals surface area contributed by atoms with Gasteiger partial charge in [0.2, 0.25) is 5.89 Å². The first-order valence-electron chi connectivity index (χ1n) is 10.4. The van der Waals surface area contributed by atoms with Crippen LogP contribution in [0.15, 0.2) is 65.1 Å². The Morgan fingerprint density at radius 2 is 1.82 bits per heavy atom. The van der Waals surface area contributed by atoms with Crippen molar-refractivity contribution in [2.45, 2.75) is 13.8 Å². The van der Waals surface area contributed by atoms with Gasteiger partial charge in [-0.25, -0.2) is 4.98 Å². The van der Waals surface area contributed by atoms with Crippen LogP contribution in [-0.4, -0.2) is 29.7 Å². The summed E-state index contributed by atoms with van der Waals surface area (Å²) in [6.07, 6.45) is 0. The lowest BCUT2D eigenvalue weighted by molar-refractivity contribution is 0.0977. The normalized spacial score (nSPS) is 10.6. The molecule has 0 fully saturated rings. The number of nitrogens with one attached hydrogen (secondary N) is 2. The largest absolute Gasteiger partial charge is 0.497 e. The van der Waals surface area contributed by atoms with Crippen molar-refractivity contribution in [3.8, 4) is 23.0 Å². The molecule has 0 bridgehead atoms. The van der Waals surface area contributed by atoms with Gasteiger partial charge < -0.3 is 19.2 Å². The number of rotatable bonds is 6. The minimum Gasteiger partial charge on any atom is -0.497 e. The van der Waals surface area contributed by atoms with Gasteiger partial charge in [0, 0.05) is 22.9 Å². The van der Waals surface area contributed by atoms with Crippen LogP contribution >= 0.6 is 12.2 Å². The first-order chi connectivity index (χ1) is 16.0. The molecule has 0 atom stereocenters. The van der Waals surface area contributed by atoms with Crippen LogP contribution < -0.4 is 20.1 Å². The van der Waals surface area contributed by atoms with Crippen molar-refractivity contribution < 1.29 is 18.7 Å². The van der Waals surface area contributed by atoms with E-state index in [0.717, 1.165) is 16.8 Å². The summed E-state index contributed by atoms with van der Waals surface area (Å²) < 4.78 is 16.5. The number of anilines is 1. The fourth-order valence-electron chi connectivity index (χ4n) is 3.25. The summed E-state index contributed by atoms with van der Waals surface area (Å²) in [5.41, 5.74) is 4.32. The topological polar surface area (TPSA) is 85.6 Å². The van der Waals surface area contributed by atoms with Crippen molar-refractivity contribution in [2.75, 3.05) is 19.0 Å². The van der Waals surface area contributed by atoms with Crippen molar-refractivity contribution in [2.24, 2.45) is 0 Å². The molecule has 0 aliphatic rings. The van der Waals surface area contributed by atoms with E-state index in [2.05, 4.69) is 15.6 Å². The van der Waals surface area contributed by atoms with Gasteiger partial charge in [0.1, 0.15) is 17.0 Å². The molecule has 0 aliphatic carbocycles. The van der Waals surface area contributed by atoms with Crippen LogP contribution in [0.2, 0.25) is 0 Å². The highest BCUT2D eigenvalue weighted by Crippen LogP contribution is 2.29. The maximum Gasteiger partial charge on any atom is 0.257 e. The molecule has 2 N–H and O–H groups in total. The van der Waals surface area contributed by atoms with Crippen molar-refractivity contribution in [3.63, 3.8) is 0 Å². The van der Waals surface area contributed by atoms with Crippen LogP contribution in [0, 0.1) is 6.92 Å². The molecule has 0 radical (unpaired) electrons. The zero-order chi connectivity index (χ0) is 23.4. The molecule has 0 aliphatic heterocycles. The number of hydrogen-bond donors (Lipinski definition) is 2. The molecule has 1 heterocycles. The summed E-state index contributed by atoms with van der Waals surface area (Å²) in [7, 11) is 1.61. The second kappa shape index (κ2) is 9.70. The van der Waals surface area contributed by atoms with E-state index in [0.29, 0.717) is 40.7 Å². The Balaban J connectivity index is 1.48. The van der Waals surface area contributed by atoms with Crippen LogP contribution in [0.4, 0.5) is 5.69 Å². The van der Waals surface area contributed by atoms with Gasteiger partial charge >= 0.3 is 0 Å². The van der Waals surface area contributed by atoms with E-state index in [-0.39, 0.29) is 11.0 Å². The number of nitrogens with zero attached hydrogens (tertiary/aromatic N) is 1. The van der Waals surface area contributed by atoms with Gasteiger partial charge in [-0.15, -0.1) is 0 Å². The summed E-state index contributed by atoms with van der Waals surface area (Å²) in [6, 6.07) is 18.1. The number of carbonyl (C=O) groups excluding carboxylic acids is 1. The smallest absolute Gasteiger partial charge is 0.257 e. The number of aromatic nitrogens is 1. The summed E-state index contributed by atoms with van der Waals surface area (Å²) >= 11 is 5.36. The summed E-state index contributed by atoms with van der Waals surface area (Å²) in [5, 5.41) is 5.99. The molecule has 1 aromatic heterocycles. The fourth-order valence-corrected chi connectivity index (χ4v) is 3.45. The quantitative estimate of drug-likeness (QED) is 0.375. The molecule has 0 saturated heterocycles. The molecule has 33 heavy (non-hydrogen) atoms. The third-order valence-corrected chi connectivity index (χ3v) is 5.19. The van der Waals surface area contributed by atoms with E-state index in [4.69, 9.17) is 26.1 Å². The van der Waals surface area contributed by atoms with Crippen LogP contribution in [-0.2, 0) is 0 Å². The molecule has 0 saturated carbocycles. The van der Waals surface area contributed by atoms with E-state index in [1.54, 1.807) is 31.4 Å². The zero-order valence-electron chi connectivity index (χ0n) is 18.5. The first kappa shape index (κ1) is 22.3. The van der Waals surface area contributed by atoms with Crippen LogP contribution in [0.1, 0.15) is 22.8 Å². The molecule has 0 spiro atoms. The Morgan fingerprint density at radius 3 is 2.55 bits per heavy atom. The van der Waals surface area contributed by atoms with Gasteiger partial charge in [-0.1, -0.05) is 6.07 Å². The third kappa shape index (κ3) is 5.12. The standard InChI is InChI=1S/C25H23N3O4S/c1-4-31-18-9-7-16(8-10-18)23(29)28-25(33)27-20-13-17(6-5-15(20)2)24-26-21-14-19(30-3)11-12-22(21)32-24/h5-14H,4H2,1-3H3,(H2,27,28,29,33). The van der Waals surface area contributed by atoms with Crippen LogP contribution in [0.5, 0.6) is 11.5 Å². The number of aryl methyl sites for hydroxylation is 1. The van der Waals surface area contributed by atoms with Gasteiger partial charge in [0.25, 0.3) is 5.91 Å². The van der Waals surface area contributed by atoms with E-state index in [1.807, 2.05) is 50.2 Å². The monoisotopic (exact) mass is 461 g/mol. The van der Waals surface area contributed by atoms with Crippen molar-refractivity contribution in [3.05, 3.63) is 71.8 Å². The molecule has 1 amide bonds. The van der Waals surface area contributed by atoms with E-state index >= 15 is 0 Å². The Morgan fingerprint density at radius 1 is 1.06 bits per heavy atom. The highest BCUT2D eigenvalue weighted by molar-refractivity contribution is 7.80. The SMILES string of the molecule is CCOc1ccc(C(=O)NC(=S)Nc2cc(-c3nc4cc(OC)ccc4o3)ccc2C)cc1. The third-order valence-electron chi connectivity index (χ3n) is 4.98. The molecular formula is C25H23N3O4S. The summed E-state index contributed by atoms with van der Waals surface area (Å²) in [6.45, 7) is 4.42. The summed E-state index contributed by atoms with van der Waals surface area (Å²) in [5.74, 6) is 1.59. The lowest BCUT2D eigenvalue weighted by atomic mass is 10.1. The molecular weight excluding hydrogens is 438 g/mol. The number of oxazole rings is 1. The number of hydrogen-bond acceptors (Lipinski definition) is 6. The van der Waals surface area contributed by atoms with Crippen molar-refractivity contribution in [1.29, 1.82) is 0 Å². The van der Waals surface area contributed by atoms with Gasteiger partial charge in [-0.3, -0.25) is 10.1 Å². The Hall–Kier alpha value is -3.91.